The third-order valence-corrected chi connectivity index (χ3v) is 5.35. The summed E-state index contributed by atoms with van der Waals surface area (Å²) in [6, 6.07) is 5.98. The van der Waals surface area contributed by atoms with Crippen LogP contribution in [0.5, 0.6) is 0 Å². The van der Waals surface area contributed by atoms with Crippen LogP contribution >= 0.6 is 15.9 Å². The van der Waals surface area contributed by atoms with Gasteiger partial charge in [0, 0.05) is 10.4 Å². The molecule has 0 saturated heterocycles. The van der Waals surface area contributed by atoms with Crippen molar-refractivity contribution in [1.82, 2.24) is 0 Å². The largest absolute Gasteiger partial charge is 0.325 e. The second kappa shape index (κ2) is 4.09. The molecule has 0 spiro atoms. The Bertz CT molecular complexity index is 491. The van der Waals surface area contributed by atoms with Gasteiger partial charge < -0.3 is 5.32 Å². The summed E-state index contributed by atoms with van der Waals surface area (Å²) < 4.78 is 0.928. The van der Waals surface area contributed by atoms with Gasteiger partial charge in [0.15, 0.2) is 0 Å². The standard InChI is InChI=1S/C15H20BrNO/c1-9-6-7-10(16)11(8-9)17-13(18)12-14(2,3)15(12,4)5/h6-8,12H,1-5H3,(H,17,18). The summed E-state index contributed by atoms with van der Waals surface area (Å²) in [7, 11) is 0. The van der Waals surface area contributed by atoms with Crippen molar-refractivity contribution >= 4 is 27.5 Å². The molecular weight excluding hydrogens is 290 g/mol. The van der Waals surface area contributed by atoms with Crippen LogP contribution in [-0.2, 0) is 4.79 Å². The number of carbonyl (C=O) groups is 1. The minimum absolute atomic E-state index is 0.0768. The first-order valence-corrected chi connectivity index (χ1v) is 7.04. The summed E-state index contributed by atoms with van der Waals surface area (Å²) in [5.41, 5.74) is 2.15. The first kappa shape index (κ1) is 13.6. The van der Waals surface area contributed by atoms with E-state index in [0.717, 1.165) is 15.7 Å². The Morgan fingerprint density at radius 3 is 2.28 bits per heavy atom. The fraction of sp³-hybridized carbons (Fsp3) is 0.533. The summed E-state index contributed by atoms with van der Waals surface area (Å²) in [4.78, 5) is 12.3. The zero-order valence-electron chi connectivity index (χ0n) is 11.6. The van der Waals surface area contributed by atoms with Gasteiger partial charge >= 0.3 is 0 Å². The van der Waals surface area contributed by atoms with Gasteiger partial charge in [0.05, 0.1) is 5.69 Å². The average Bonchev–Trinajstić information content (AvgIpc) is 2.63. The van der Waals surface area contributed by atoms with E-state index in [2.05, 4.69) is 48.9 Å². The molecule has 0 aromatic heterocycles. The van der Waals surface area contributed by atoms with E-state index in [1.165, 1.54) is 0 Å². The van der Waals surface area contributed by atoms with Crippen molar-refractivity contribution in [3.63, 3.8) is 0 Å². The molecule has 98 valence electrons. The fourth-order valence-corrected chi connectivity index (χ4v) is 3.14. The lowest BCUT2D eigenvalue weighted by atomic mass is 10.0. The molecule has 1 aliphatic rings. The van der Waals surface area contributed by atoms with Gasteiger partial charge in [-0.25, -0.2) is 0 Å². The van der Waals surface area contributed by atoms with Crippen LogP contribution in [0.2, 0.25) is 0 Å². The van der Waals surface area contributed by atoms with Gasteiger partial charge in [-0.05, 0) is 51.4 Å². The van der Waals surface area contributed by atoms with Gasteiger partial charge in [-0.1, -0.05) is 33.8 Å². The molecule has 1 aliphatic carbocycles. The van der Waals surface area contributed by atoms with Crippen LogP contribution in [0.3, 0.4) is 0 Å². The third-order valence-electron chi connectivity index (χ3n) is 4.66. The normalized spacial score (nSPS) is 20.6. The zero-order valence-corrected chi connectivity index (χ0v) is 13.2. The Labute approximate surface area is 117 Å². The van der Waals surface area contributed by atoms with Crippen LogP contribution in [0.15, 0.2) is 22.7 Å². The molecule has 1 aromatic carbocycles. The van der Waals surface area contributed by atoms with E-state index in [4.69, 9.17) is 0 Å². The number of benzene rings is 1. The lowest BCUT2D eigenvalue weighted by Crippen LogP contribution is -2.18. The summed E-state index contributed by atoms with van der Waals surface area (Å²) >= 11 is 3.47. The molecule has 1 saturated carbocycles. The molecule has 1 amide bonds. The summed E-state index contributed by atoms with van der Waals surface area (Å²) in [5.74, 6) is 0.203. The second-order valence-electron chi connectivity index (χ2n) is 6.35. The van der Waals surface area contributed by atoms with Crippen molar-refractivity contribution in [2.75, 3.05) is 5.32 Å². The van der Waals surface area contributed by atoms with Gasteiger partial charge in [-0.3, -0.25) is 4.79 Å². The molecule has 0 radical (unpaired) electrons. The molecule has 0 aliphatic heterocycles. The first-order valence-electron chi connectivity index (χ1n) is 6.25. The molecule has 0 heterocycles. The number of hydrogen-bond donors (Lipinski definition) is 1. The van der Waals surface area contributed by atoms with Crippen LogP contribution in [0.25, 0.3) is 0 Å². The minimum Gasteiger partial charge on any atom is -0.325 e. The molecular formula is C15H20BrNO. The molecule has 1 N–H and O–H groups in total. The first-order chi connectivity index (χ1) is 8.18. The topological polar surface area (TPSA) is 29.1 Å². The van der Waals surface area contributed by atoms with E-state index < -0.39 is 0 Å². The Kier molecular flexibility index (Phi) is 3.09. The summed E-state index contributed by atoms with van der Waals surface area (Å²) in [6.07, 6.45) is 0. The van der Waals surface area contributed by atoms with Crippen LogP contribution in [-0.4, -0.2) is 5.91 Å². The number of hydrogen-bond acceptors (Lipinski definition) is 1. The Hall–Kier alpha value is -0.830. The van der Waals surface area contributed by atoms with Gasteiger partial charge in [-0.2, -0.15) is 0 Å². The number of rotatable bonds is 2. The maximum atomic E-state index is 12.3. The van der Waals surface area contributed by atoms with Crippen LogP contribution in [0, 0.1) is 23.7 Å². The van der Waals surface area contributed by atoms with Crippen molar-refractivity contribution in [2.45, 2.75) is 34.6 Å². The Morgan fingerprint density at radius 2 is 1.78 bits per heavy atom. The lowest BCUT2D eigenvalue weighted by molar-refractivity contribution is -0.118. The summed E-state index contributed by atoms with van der Waals surface area (Å²) in [6.45, 7) is 10.6. The van der Waals surface area contributed by atoms with Crippen molar-refractivity contribution in [3.8, 4) is 0 Å². The van der Waals surface area contributed by atoms with Crippen LogP contribution in [0.1, 0.15) is 33.3 Å². The molecule has 0 bridgehead atoms. The molecule has 3 heteroatoms. The number of carbonyl (C=O) groups excluding carboxylic acids is 1. The number of anilines is 1. The smallest absolute Gasteiger partial charge is 0.228 e. The molecule has 1 aromatic rings. The SMILES string of the molecule is Cc1ccc(Br)c(NC(=O)C2C(C)(C)C2(C)C)c1. The lowest BCUT2D eigenvalue weighted by Gasteiger charge is -2.09. The highest BCUT2D eigenvalue weighted by Gasteiger charge is 2.68. The van der Waals surface area contributed by atoms with E-state index in [9.17, 15) is 4.79 Å². The van der Waals surface area contributed by atoms with Crippen LogP contribution < -0.4 is 5.32 Å². The summed E-state index contributed by atoms with van der Waals surface area (Å²) in [5, 5.41) is 3.04. The Balaban J connectivity index is 2.17. The fourth-order valence-electron chi connectivity index (χ4n) is 2.79. The van der Waals surface area contributed by atoms with E-state index in [0.29, 0.717) is 0 Å². The van der Waals surface area contributed by atoms with Crippen molar-refractivity contribution in [3.05, 3.63) is 28.2 Å². The third kappa shape index (κ3) is 1.99. The highest BCUT2D eigenvalue weighted by molar-refractivity contribution is 9.10. The maximum Gasteiger partial charge on any atom is 0.228 e. The quantitative estimate of drug-likeness (QED) is 0.863. The number of nitrogens with one attached hydrogen (secondary N) is 1. The zero-order chi connectivity index (χ0) is 13.7. The average molecular weight is 310 g/mol. The molecule has 18 heavy (non-hydrogen) atoms. The molecule has 2 nitrogen and oxygen atoms in total. The molecule has 0 atom stereocenters. The van der Waals surface area contributed by atoms with E-state index in [1.54, 1.807) is 0 Å². The maximum absolute atomic E-state index is 12.3. The number of aryl methyl sites for hydroxylation is 1. The Morgan fingerprint density at radius 1 is 1.22 bits per heavy atom. The second-order valence-corrected chi connectivity index (χ2v) is 7.20. The van der Waals surface area contributed by atoms with Gasteiger partial charge in [0.1, 0.15) is 0 Å². The van der Waals surface area contributed by atoms with E-state index >= 15 is 0 Å². The van der Waals surface area contributed by atoms with Crippen LogP contribution in [0.4, 0.5) is 5.69 Å². The monoisotopic (exact) mass is 309 g/mol. The van der Waals surface area contributed by atoms with Crippen molar-refractivity contribution < 1.29 is 4.79 Å². The highest BCUT2D eigenvalue weighted by Crippen LogP contribution is 2.68. The number of amides is 1. The number of halogens is 1. The molecule has 0 unspecified atom stereocenters. The molecule has 1 fully saturated rings. The molecule has 2 rings (SSSR count). The minimum atomic E-state index is 0.0768. The predicted octanol–water partition coefficient (Wildman–Crippen LogP) is 4.38. The van der Waals surface area contributed by atoms with Gasteiger partial charge in [0.2, 0.25) is 5.91 Å². The van der Waals surface area contributed by atoms with Crippen molar-refractivity contribution in [2.24, 2.45) is 16.7 Å². The highest BCUT2D eigenvalue weighted by atomic mass is 79.9. The van der Waals surface area contributed by atoms with Gasteiger partial charge in [-0.15, -0.1) is 0 Å². The predicted molar refractivity (Wildman–Crippen MR) is 78.6 cm³/mol. The van der Waals surface area contributed by atoms with Crippen molar-refractivity contribution in [1.29, 1.82) is 0 Å². The van der Waals surface area contributed by atoms with Gasteiger partial charge in [0.25, 0.3) is 0 Å². The van der Waals surface area contributed by atoms with E-state index in [1.807, 2.05) is 25.1 Å². The van der Waals surface area contributed by atoms with E-state index in [-0.39, 0.29) is 22.7 Å².